The van der Waals surface area contributed by atoms with Gasteiger partial charge in [0.1, 0.15) is 0 Å². The van der Waals surface area contributed by atoms with E-state index in [0.717, 1.165) is 26.1 Å². The van der Waals surface area contributed by atoms with Crippen molar-refractivity contribution >= 4 is 5.91 Å². The van der Waals surface area contributed by atoms with E-state index in [4.69, 9.17) is 10.5 Å². The number of nitrogens with two attached hydrogens (primary N) is 1. The van der Waals surface area contributed by atoms with Crippen LogP contribution in [0.3, 0.4) is 0 Å². The molecule has 0 aliphatic heterocycles. The first-order chi connectivity index (χ1) is 5.66. The van der Waals surface area contributed by atoms with Crippen LogP contribution in [0.5, 0.6) is 0 Å². The van der Waals surface area contributed by atoms with Gasteiger partial charge in [-0.15, -0.1) is 0 Å². The van der Waals surface area contributed by atoms with Crippen LogP contribution in [0.1, 0.15) is 12.8 Å². The fourth-order valence-electron chi connectivity index (χ4n) is 0.892. The average molecular weight is 174 g/mol. The molecule has 0 saturated carbocycles. The normalized spacial score (nSPS) is 10.6. The first kappa shape index (κ1) is 11.4. The van der Waals surface area contributed by atoms with Crippen molar-refractivity contribution in [1.82, 2.24) is 4.90 Å². The maximum Gasteiger partial charge on any atom is 0.218 e. The fourth-order valence-corrected chi connectivity index (χ4v) is 0.892. The summed E-state index contributed by atoms with van der Waals surface area (Å²) in [6.07, 6.45) is 1.43. The molecule has 0 heterocycles. The quantitative estimate of drug-likeness (QED) is 0.545. The third-order valence-corrected chi connectivity index (χ3v) is 1.63. The highest BCUT2D eigenvalue weighted by Gasteiger charge is 1.99. The molecule has 0 radical (unpaired) electrons. The van der Waals surface area contributed by atoms with Crippen LogP contribution in [0.2, 0.25) is 0 Å². The van der Waals surface area contributed by atoms with Crippen LogP contribution in [0.15, 0.2) is 0 Å². The van der Waals surface area contributed by atoms with Crippen molar-refractivity contribution in [1.29, 1.82) is 0 Å². The highest BCUT2D eigenvalue weighted by atomic mass is 16.5. The summed E-state index contributed by atoms with van der Waals surface area (Å²) in [6.45, 7) is 2.45. The topological polar surface area (TPSA) is 55.6 Å². The predicted molar refractivity (Wildman–Crippen MR) is 47.8 cm³/mol. The highest BCUT2D eigenvalue weighted by Crippen LogP contribution is 1.89. The molecule has 0 aliphatic carbocycles. The number of hydrogen-bond acceptors (Lipinski definition) is 3. The molecule has 4 nitrogen and oxygen atoms in total. The Bertz CT molecular complexity index is 128. The van der Waals surface area contributed by atoms with Crippen LogP contribution in [-0.4, -0.2) is 44.7 Å². The first-order valence-electron chi connectivity index (χ1n) is 4.12. The Labute approximate surface area is 73.7 Å². The molecule has 0 aromatic rings. The molecule has 0 spiro atoms. The second-order valence-electron chi connectivity index (χ2n) is 2.87. The minimum absolute atomic E-state index is 0.242. The zero-order chi connectivity index (χ0) is 9.40. The molecular formula is C8H18N2O2. The van der Waals surface area contributed by atoms with E-state index < -0.39 is 0 Å². The summed E-state index contributed by atoms with van der Waals surface area (Å²) in [5.74, 6) is -0.242. The first-order valence-corrected chi connectivity index (χ1v) is 4.12. The molecule has 4 heteroatoms. The molecule has 0 saturated heterocycles. The Kier molecular flexibility index (Phi) is 6.70. The lowest BCUT2D eigenvalue weighted by molar-refractivity contribution is -0.118. The van der Waals surface area contributed by atoms with Crippen molar-refractivity contribution in [2.45, 2.75) is 12.8 Å². The maximum absolute atomic E-state index is 10.4. The molecule has 2 N–H and O–H groups in total. The zero-order valence-electron chi connectivity index (χ0n) is 7.88. The van der Waals surface area contributed by atoms with Crippen LogP contribution >= 0.6 is 0 Å². The Hall–Kier alpha value is -0.610. The van der Waals surface area contributed by atoms with Gasteiger partial charge in [0, 0.05) is 33.2 Å². The highest BCUT2D eigenvalue weighted by molar-refractivity contribution is 5.73. The molecule has 0 aliphatic rings. The lowest BCUT2D eigenvalue weighted by atomic mass is 10.3. The van der Waals surface area contributed by atoms with Crippen LogP contribution in [0.4, 0.5) is 0 Å². The molecule has 1 amide bonds. The second-order valence-corrected chi connectivity index (χ2v) is 2.87. The van der Waals surface area contributed by atoms with Crippen molar-refractivity contribution in [2.24, 2.45) is 5.73 Å². The number of hydrogen-bond donors (Lipinski definition) is 1. The number of carbonyl (C=O) groups excluding carboxylic acids is 1. The van der Waals surface area contributed by atoms with Gasteiger partial charge >= 0.3 is 0 Å². The predicted octanol–water partition coefficient (Wildman–Crippen LogP) is -0.170. The van der Waals surface area contributed by atoms with Crippen molar-refractivity contribution in [3.63, 3.8) is 0 Å². The van der Waals surface area contributed by atoms with Gasteiger partial charge in [0.15, 0.2) is 0 Å². The molecular weight excluding hydrogens is 156 g/mol. The SMILES string of the molecule is COCCCN(C)CCC(N)=O. The Morgan fingerprint density at radius 3 is 2.67 bits per heavy atom. The summed E-state index contributed by atoms with van der Waals surface area (Å²) in [5, 5.41) is 0. The van der Waals surface area contributed by atoms with Gasteiger partial charge in [0.05, 0.1) is 0 Å². The Morgan fingerprint density at radius 1 is 1.50 bits per heavy atom. The summed E-state index contributed by atoms with van der Waals surface area (Å²) in [4.78, 5) is 12.5. The molecule has 0 aromatic carbocycles. The van der Waals surface area contributed by atoms with E-state index in [1.165, 1.54) is 0 Å². The largest absolute Gasteiger partial charge is 0.385 e. The number of amides is 1. The number of ether oxygens (including phenoxy) is 1. The standard InChI is InChI=1S/C8H18N2O2/c1-10(5-3-7-12-2)6-4-8(9)11/h3-7H2,1-2H3,(H2,9,11). The Balaban J connectivity index is 3.21. The van der Waals surface area contributed by atoms with Crippen molar-refractivity contribution in [3.8, 4) is 0 Å². The van der Waals surface area contributed by atoms with Crippen molar-refractivity contribution < 1.29 is 9.53 Å². The monoisotopic (exact) mass is 174 g/mol. The van der Waals surface area contributed by atoms with Crippen LogP contribution in [-0.2, 0) is 9.53 Å². The summed E-state index contributed by atoms with van der Waals surface area (Å²) < 4.78 is 4.90. The second kappa shape index (κ2) is 7.06. The lowest BCUT2D eigenvalue weighted by Crippen LogP contribution is -2.25. The third kappa shape index (κ3) is 7.50. The van der Waals surface area contributed by atoms with Crippen molar-refractivity contribution in [2.75, 3.05) is 33.9 Å². The molecule has 0 fully saturated rings. The van der Waals surface area contributed by atoms with Gasteiger partial charge in [-0.2, -0.15) is 0 Å². The molecule has 0 atom stereocenters. The van der Waals surface area contributed by atoms with E-state index in [1.807, 2.05) is 7.05 Å². The minimum atomic E-state index is -0.242. The van der Waals surface area contributed by atoms with E-state index in [-0.39, 0.29) is 5.91 Å². The fraction of sp³-hybridized carbons (Fsp3) is 0.875. The van der Waals surface area contributed by atoms with Gasteiger partial charge in [0.25, 0.3) is 0 Å². The number of rotatable bonds is 7. The van der Waals surface area contributed by atoms with Crippen LogP contribution < -0.4 is 5.73 Å². The summed E-state index contributed by atoms with van der Waals surface area (Å²) in [5.41, 5.74) is 5.01. The van der Waals surface area contributed by atoms with E-state index in [2.05, 4.69) is 4.90 Å². The van der Waals surface area contributed by atoms with Crippen LogP contribution in [0, 0.1) is 0 Å². The van der Waals surface area contributed by atoms with Gasteiger partial charge in [-0.05, 0) is 13.5 Å². The zero-order valence-corrected chi connectivity index (χ0v) is 7.88. The van der Waals surface area contributed by atoms with Gasteiger partial charge < -0.3 is 15.4 Å². The number of carbonyl (C=O) groups is 1. The number of methoxy groups -OCH3 is 1. The summed E-state index contributed by atoms with van der Waals surface area (Å²) >= 11 is 0. The van der Waals surface area contributed by atoms with Crippen molar-refractivity contribution in [3.05, 3.63) is 0 Å². The van der Waals surface area contributed by atoms with E-state index in [9.17, 15) is 4.79 Å². The maximum atomic E-state index is 10.4. The third-order valence-electron chi connectivity index (χ3n) is 1.63. The smallest absolute Gasteiger partial charge is 0.218 e. The van der Waals surface area contributed by atoms with Gasteiger partial charge in [-0.1, -0.05) is 0 Å². The van der Waals surface area contributed by atoms with Gasteiger partial charge in [-0.3, -0.25) is 4.79 Å². The van der Waals surface area contributed by atoms with E-state index in [0.29, 0.717) is 6.42 Å². The number of primary amides is 1. The average Bonchev–Trinajstić information content (AvgIpc) is 2.01. The van der Waals surface area contributed by atoms with Gasteiger partial charge in [0.2, 0.25) is 5.91 Å². The van der Waals surface area contributed by atoms with Gasteiger partial charge in [-0.25, -0.2) is 0 Å². The minimum Gasteiger partial charge on any atom is -0.385 e. The molecule has 0 unspecified atom stereocenters. The molecule has 0 bridgehead atoms. The molecule has 0 aromatic heterocycles. The Morgan fingerprint density at radius 2 is 2.17 bits per heavy atom. The van der Waals surface area contributed by atoms with E-state index >= 15 is 0 Å². The molecule has 0 rings (SSSR count). The molecule has 12 heavy (non-hydrogen) atoms. The number of nitrogens with zero attached hydrogens (tertiary/aromatic N) is 1. The molecule has 72 valence electrons. The summed E-state index contributed by atoms with van der Waals surface area (Å²) in [6, 6.07) is 0. The summed E-state index contributed by atoms with van der Waals surface area (Å²) in [7, 11) is 3.65. The van der Waals surface area contributed by atoms with E-state index in [1.54, 1.807) is 7.11 Å². The van der Waals surface area contributed by atoms with Crippen LogP contribution in [0.25, 0.3) is 0 Å². The lowest BCUT2D eigenvalue weighted by Gasteiger charge is -2.14.